The molecular formula is C10H20N4O. The third-order valence-electron chi connectivity index (χ3n) is 2.36. The minimum absolute atomic E-state index is 0.400. The highest BCUT2D eigenvalue weighted by Crippen LogP contribution is 1.99. The third kappa shape index (κ3) is 3.97. The van der Waals surface area contributed by atoms with Crippen molar-refractivity contribution in [3.63, 3.8) is 0 Å². The van der Waals surface area contributed by atoms with Crippen LogP contribution in [0, 0.1) is 0 Å². The summed E-state index contributed by atoms with van der Waals surface area (Å²) in [6, 6.07) is 0.400. The molecule has 15 heavy (non-hydrogen) atoms. The molecule has 0 radical (unpaired) electrons. The molecule has 1 N–H and O–H groups in total. The van der Waals surface area contributed by atoms with Gasteiger partial charge in [-0.2, -0.15) is 5.10 Å². The van der Waals surface area contributed by atoms with Crippen LogP contribution < -0.4 is 5.32 Å². The second-order valence-electron chi connectivity index (χ2n) is 3.62. The molecule has 1 aromatic rings. The zero-order valence-electron chi connectivity index (χ0n) is 9.73. The Balaban J connectivity index is 2.36. The van der Waals surface area contributed by atoms with Gasteiger partial charge in [-0.05, 0) is 6.42 Å². The molecule has 1 heterocycles. The van der Waals surface area contributed by atoms with Gasteiger partial charge >= 0.3 is 0 Å². The molecule has 0 saturated heterocycles. The van der Waals surface area contributed by atoms with E-state index >= 15 is 0 Å². The number of aryl methyl sites for hydroxylation is 1. The molecule has 5 nitrogen and oxygen atoms in total. The Hall–Kier alpha value is -0.940. The lowest BCUT2D eigenvalue weighted by Crippen LogP contribution is -2.33. The molecule has 0 aliphatic rings. The predicted octanol–water partition coefficient (Wildman–Crippen LogP) is 0.720. The van der Waals surface area contributed by atoms with Gasteiger partial charge in [0.05, 0.1) is 13.2 Å². The first-order valence-corrected chi connectivity index (χ1v) is 5.33. The van der Waals surface area contributed by atoms with Crippen molar-refractivity contribution in [1.29, 1.82) is 0 Å². The Kier molecular flexibility index (Phi) is 5.28. The fourth-order valence-corrected chi connectivity index (χ4v) is 1.51. The molecule has 0 spiro atoms. The van der Waals surface area contributed by atoms with Crippen LogP contribution in [0.1, 0.15) is 25.6 Å². The summed E-state index contributed by atoms with van der Waals surface area (Å²) in [5.41, 5.74) is 0. The Bertz CT molecular complexity index is 268. The number of nitrogens with one attached hydrogen (secondary N) is 1. The van der Waals surface area contributed by atoms with Gasteiger partial charge in [0, 0.05) is 20.2 Å². The molecule has 1 rings (SSSR count). The highest BCUT2D eigenvalue weighted by atomic mass is 16.5. The average Bonchev–Trinajstić information content (AvgIpc) is 2.61. The highest BCUT2D eigenvalue weighted by molar-refractivity contribution is 4.83. The van der Waals surface area contributed by atoms with Gasteiger partial charge in [0.2, 0.25) is 0 Å². The van der Waals surface area contributed by atoms with E-state index in [4.69, 9.17) is 4.74 Å². The number of ether oxygens (including phenoxy) is 1. The Morgan fingerprint density at radius 3 is 2.93 bits per heavy atom. The normalized spacial score (nSPS) is 13.0. The Labute approximate surface area is 90.8 Å². The fourth-order valence-electron chi connectivity index (χ4n) is 1.51. The zero-order chi connectivity index (χ0) is 11.1. The van der Waals surface area contributed by atoms with E-state index in [0.717, 1.165) is 31.8 Å². The van der Waals surface area contributed by atoms with Gasteiger partial charge < -0.3 is 10.1 Å². The SMILES string of the molecule is CCCC(COC)NCc1ncnn1C. The van der Waals surface area contributed by atoms with Gasteiger partial charge in [-0.1, -0.05) is 13.3 Å². The summed E-state index contributed by atoms with van der Waals surface area (Å²) in [7, 11) is 3.63. The molecule has 1 atom stereocenters. The molecule has 0 aromatic carbocycles. The van der Waals surface area contributed by atoms with Gasteiger partial charge in [0.1, 0.15) is 12.2 Å². The lowest BCUT2D eigenvalue weighted by molar-refractivity contribution is 0.161. The van der Waals surface area contributed by atoms with Crippen LogP contribution in [0.25, 0.3) is 0 Å². The van der Waals surface area contributed by atoms with Crippen molar-refractivity contribution in [1.82, 2.24) is 20.1 Å². The van der Waals surface area contributed by atoms with Crippen molar-refractivity contribution in [2.75, 3.05) is 13.7 Å². The van der Waals surface area contributed by atoms with Crippen LogP contribution in [-0.4, -0.2) is 34.5 Å². The van der Waals surface area contributed by atoms with E-state index in [0.29, 0.717) is 6.04 Å². The third-order valence-corrected chi connectivity index (χ3v) is 2.36. The first-order valence-electron chi connectivity index (χ1n) is 5.33. The molecule has 1 aromatic heterocycles. The van der Waals surface area contributed by atoms with Crippen molar-refractivity contribution in [2.24, 2.45) is 7.05 Å². The van der Waals surface area contributed by atoms with Crippen molar-refractivity contribution >= 4 is 0 Å². The van der Waals surface area contributed by atoms with E-state index in [9.17, 15) is 0 Å². The monoisotopic (exact) mass is 212 g/mol. The number of hydrogen-bond acceptors (Lipinski definition) is 4. The van der Waals surface area contributed by atoms with Gasteiger partial charge in [0.15, 0.2) is 0 Å². The quantitative estimate of drug-likeness (QED) is 0.723. The highest BCUT2D eigenvalue weighted by Gasteiger charge is 2.08. The van der Waals surface area contributed by atoms with E-state index in [2.05, 4.69) is 22.3 Å². The molecule has 0 aliphatic carbocycles. The zero-order valence-corrected chi connectivity index (χ0v) is 9.73. The number of nitrogens with zero attached hydrogens (tertiary/aromatic N) is 3. The van der Waals surface area contributed by atoms with Crippen LogP contribution >= 0.6 is 0 Å². The first kappa shape index (κ1) is 12.1. The summed E-state index contributed by atoms with van der Waals surface area (Å²) < 4.78 is 6.93. The van der Waals surface area contributed by atoms with Gasteiger partial charge in [-0.3, -0.25) is 4.68 Å². The Morgan fingerprint density at radius 2 is 2.40 bits per heavy atom. The minimum atomic E-state index is 0.400. The lowest BCUT2D eigenvalue weighted by Gasteiger charge is -2.16. The number of hydrogen-bond donors (Lipinski definition) is 1. The topological polar surface area (TPSA) is 52.0 Å². The van der Waals surface area contributed by atoms with Crippen molar-refractivity contribution in [3.05, 3.63) is 12.2 Å². The maximum atomic E-state index is 5.15. The van der Waals surface area contributed by atoms with Crippen LogP contribution in [0.3, 0.4) is 0 Å². The van der Waals surface area contributed by atoms with Gasteiger partial charge in [-0.15, -0.1) is 0 Å². The molecule has 0 aliphatic heterocycles. The molecule has 0 fully saturated rings. The molecule has 0 amide bonds. The van der Waals surface area contributed by atoms with E-state index in [1.54, 1.807) is 18.1 Å². The van der Waals surface area contributed by atoms with Gasteiger partial charge in [-0.25, -0.2) is 4.98 Å². The van der Waals surface area contributed by atoms with E-state index in [1.807, 2.05) is 7.05 Å². The maximum Gasteiger partial charge on any atom is 0.140 e. The summed E-state index contributed by atoms with van der Waals surface area (Å²) in [5.74, 6) is 0.951. The molecule has 5 heteroatoms. The van der Waals surface area contributed by atoms with Crippen LogP contribution in [0.2, 0.25) is 0 Å². The van der Waals surface area contributed by atoms with E-state index < -0.39 is 0 Å². The second-order valence-corrected chi connectivity index (χ2v) is 3.62. The van der Waals surface area contributed by atoms with Crippen LogP contribution in [0.5, 0.6) is 0 Å². The fraction of sp³-hybridized carbons (Fsp3) is 0.800. The number of aromatic nitrogens is 3. The summed E-state index contributed by atoms with van der Waals surface area (Å²) in [4.78, 5) is 4.16. The molecule has 1 unspecified atom stereocenters. The molecule has 0 saturated carbocycles. The maximum absolute atomic E-state index is 5.15. The molecule has 86 valence electrons. The summed E-state index contributed by atoms with van der Waals surface area (Å²) >= 11 is 0. The minimum Gasteiger partial charge on any atom is -0.383 e. The summed E-state index contributed by atoms with van der Waals surface area (Å²) in [5, 5.41) is 7.44. The number of rotatable bonds is 7. The molecular weight excluding hydrogens is 192 g/mol. The van der Waals surface area contributed by atoms with Crippen LogP contribution in [0.4, 0.5) is 0 Å². The largest absolute Gasteiger partial charge is 0.383 e. The Morgan fingerprint density at radius 1 is 1.60 bits per heavy atom. The van der Waals surface area contributed by atoms with E-state index in [1.165, 1.54) is 0 Å². The first-order chi connectivity index (χ1) is 7.27. The predicted molar refractivity (Wildman–Crippen MR) is 58.4 cm³/mol. The summed E-state index contributed by atoms with van der Waals surface area (Å²) in [6.07, 6.45) is 3.84. The van der Waals surface area contributed by atoms with Crippen molar-refractivity contribution < 1.29 is 4.74 Å². The standard InChI is InChI=1S/C10H20N4O/c1-4-5-9(7-15-3)11-6-10-12-8-13-14(10)2/h8-9,11H,4-7H2,1-3H3. The number of methoxy groups -OCH3 is 1. The van der Waals surface area contributed by atoms with E-state index in [-0.39, 0.29) is 0 Å². The average molecular weight is 212 g/mol. The van der Waals surface area contributed by atoms with Crippen LogP contribution in [0.15, 0.2) is 6.33 Å². The second kappa shape index (κ2) is 6.53. The van der Waals surface area contributed by atoms with Gasteiger partial charge in [0.25, 0.3) is 0 Å². The van der Waals surface area contributed by atoms with Crippen LogP contribution in [-0.2, 0) is 18.3 Å². The molecule has 0 bridgehead atoms. The lowest BCUT2D eigenvalue weighted by atomic mass is 10.2. The van der Waals surface area contributed by atoms with Crippen molar-refractivity contribution in [2.45, 2.75) is 32.4 Å². The smallest absolute Gasteiger partial charge is 0.140 e. The summed E-state index contributed by atoms with van der Waals surface area (Å²) in [6.45, 7) is 3.66. The van der Waals surface area contributed by atoms with Crippen molar-refractivity contribution in [3.8, 4) is 0 Å².